The second kappa shape index (κ2) is 8.99. The van der Waals surface area contributed by atoms with Gasteiger partial charge in [0, 0.05) is 28.4 Å². The van der Waals surface area contributed by atoms with Crippen molar-refractivity contribution in [1.82, 2.24) is 5.32 Å². The molecule has 2 aromatic carbocycles. The Bertz CT molecular complexity index is 1230. The Balaban J connectivity index is 1.69. The number of hydrogen-bond donors (Lipinski definition) is 1. The van der Waals surface area contributed by atoms with Crippen LogP contribution in [0.4, 0.5) is 15.8 Å². The molecule has 2 heterocycles. The molecule has 0 saturated carbocycles. The summed E-state index contributed by atoms with van der Waals surface area (Å²) in [7, 11) is 0. The molecule has 172 valence electrons. The fourth-order valence-electron chi connectivity index (χ4n) is 4.31. The summed E-state index contributed by atoms with van der Waals surface area (Å²) < 4.78 is 15.2. The van der Waals surface area contributed by atoms with Crippen molar-refractivity contribution in [3.63, 3.8) is 0 Å². The number of aliphatic imine (C=N–C) groups is 1. The highest BCUT2D eigenvalue weighted by Crippen LogP contribution is 2.41. The minimum absolute atomic E-state index is 0.190. The van der Waals surface area contributed by atoms with E-state index in [4.69, 9.17) is 11.6 Å². The van der Waals surface area contributed by atoms with Gasteiger partial charge in [0.1, 0.15) is 5.82 Å². The zero-order valence-electron chi connectivity index (χ0n) is 19.4. The largest absolute Gasteiger partial charge is 0.362 e. The van der Waals surface area contributed by atoms with E-state index in [1.807, 2.05) is 32.0 Å². The van der Waals surface area contributed by atoms with Gasteiger partial charge in [0.15, 0.2) is 5.17 Å². The molecular formula is C26H27ClFN3OS. The van der Waals surface area contributed by atoms with Gasteiger partial charge in [0.25, 0.3) is 5.91 Å². The van der Waals surface area contributed by atoms with E-state index < -0.39 is 0 Å². The van der Waals surface area contributed by atoms with E-state index >= 15 is 4.39 Å². The third kappa shape index (κ3) is 4.59. The normalized spacial score (nSPS) is 19.7. The predicted molar refractivity (Wildman–Crippen MR) is 139 cm³/mol. The van der Waals surface area contributed by atoms with Crippen LogP contribution in [0.5, 0.6) is 0 Å². The van der Waals surface area contributed by atoms with Crippen LogP contribution in [0.15, 0.2) is 46.3 Å². The second-order valence-corrected chi connectivity index (χ2v) is 10.3. The molecule has 2 aliphatic heterocycles. The van der Waals surface area contributed by atoms with Gasteiger partial charge in [-0.1, -0.05) is 30.7 Å². The minimum Gasteiger partial charge on any atom is -0.362 e. The van der Waals surface area contributed by atoms with Crippen LogP contribution in [0.2, 0.25) is 5.02 Å². The fraction of sp³-hybridized carbons (Fsp3) is 0.308. The molecular weight excluding hydrogens is 457 g/mol. The summed E-state index contributed by atoms with van der Waals surface area (Å²) in [6.07, 6.45) is 4.78. The highest BCUT2D eigenvalue weighted by Gasteiger charge is 2.32. The summed E-state index contributed by atoms with van der Waals surface area (Å²) in [6.45, 7) is 11.2. The van der Waals surface area contributed by atoms with Crippen LogP contribution in [0, 0.1) is 12.7 Å². The molecule has 0 aromatic heterocycles. The number of carbonyl (C=O) groups excluding carboxylic acids is 1. The first-order valence-corrected chi connectivity index (χ1v) is 12.2. The van der Waals surface area contributed by atoms with Gasteiger partial charge in [-0.15, -0.1) is 0 Å². The van der Waals surface area contributed by atoms with Gasteiger partial charge in [0.05, 0.1) is 16.1 Å². The van der Waals surface area contributed by atoms with E-state index in [2.05, 4.69) is 42.1 Å². The van der Waals surface area contributed by atoms with E-state index in [-0.39, 0.29) is 17.3 Å². The number of amides is 1. The monoisotopic (exact) mass is 483 g/mol. The summed E-state index contributed by atoms with van der Waals surface area (Å²) in [5.74, 6) is -0.645. The predicted octanol–water partition coefficient (Wildman–Crippen LogP) is 7.09. The number of amidine groups is 1. The highest BCUT2D eigenvalue weighted by atomic mass is 35.5. The van der Waals surface area contributed by atoms with Crippen molar-refractivity contribution < 1.29 is 9.18 Å². The Hall–Kier alpha value is -2.57. The van der Waals surface area contributed by atoms with Crippen molar-refractivity contribution in [3.8, 4) is 0 Å². The number of nitrogens with zero attached hydrogens (tertiary/aromatic N) is 2. The topological polar surface area (TPSA) is 44.7 Å². The molecule has 2 aromatic rings. The molecule has 1 fully saturated rings. The Morgan fingerprint density at radius 2 is 2.03 bits per heavy atom. The van der Waals surface area contributed by atoms with Gasteiger partial charge >= 0.3 is 0 Å². The molecule has 0 radical (unpaired) electrons. The first-order chi connectivity index (χ1) is 15.6. The third-order valence-corrected chi connectivity index (χ3v) is 7.26. The van der Waals surface area contributed by atoms with E-state index in [1.54, 1.807) is 18.2 Å². The number of allylic oxidation sites excluding steroid dienone is 1. The van der Waals surface area contributed by atoms with Gasteiger partial charge in [-0.25, -0.2) is 9.38 Å². The van der Waals surface area contributed by atoms with Crippen LogP contribution < -0.4 is 10.2 Å². The van der Waals surface area contributed by atoms with Gasteiger partial charge in [-0.3, -0.25) is 4.79 Å². The molecule has 0 bridgehead atoms. The maximum absolute atomic E-state index is 15.2. The van der Waals surface area contributed by atoms with Crippen LogP contribution in [0.1, 0.15) is 50.8 Å². The van der Waals surface area contributed by atoms with E-state index in [1.165, 1.54) is 11.8 Å². The summed E-state index contributed by atoms with van der Waals surface area (Å²) in [5, 5.41) is 3.82. The zero-order valence-corrected chi connectivity index (χ0v) is 21.0. The van der Waals surface area contributed by atoms with Crippen molar-refractivity contribution in [2.45, 2.75) is 46.6 Å². The first kappa shape index (κ1) is 23.6. The van der Waals surface area contributed by atoms with Crippen molar-refractivity contribution >= 4 is 57.5 Å². The number of nitrogens with one attached hydrogen (secondary N) is 1. The molecule has 4 rings (SSSR count). The zero-order chi connectivity index (χ0) is 23.9. The molecule has 2 aliphatic rings. The quantitative estimate of drug-likeness (QED) is 0.472. The van der Waals surface area contributed by atoms with Crippen LogP contribution >= 0.6 is 23.4 Å². The lowest BCUT2D eigenvalue weighted by Gasteiger charge is -2.43. The Morgan fingerprint density at radius 3 is 2.76 bits per heavy atom. The lowest BCUT2D eigenvalue weighted by atomic mass is 9.87. The number of benzene rings is 2. The number of halogens is 2. The Labute approximate surface area is 203 Å². The SMILES string of the molecule is CCCN1c2cc(F)c(/C=C3/SC(=Nc4cccc(Cl)c4C)NC3=O)cc2C(C)=CC1(C)C. The summed E-state index contributed by atoms with van der Waals surface area (Å²) in [4.78, 5) is 19.7. The number of hydrogen-bond acceptors (Lipinski definition) is 4. The van der Waals surface area contributed by atoms with Crippen LogP contribution in [0.25, 0.3) is 11.6 Å². The number of fused-ring (bicyclic) bond motifs is 1. The van der Waals surface area contributed by atoms with Crippen molar-refractivity contribution in [3.05, 3.63) is 68.8 Å². The van der Waals surface area contributed by atoms with Gasteiger partial charge in [0.2, 0.25) is 0 Å². The molecule has 7 heteroatoms. The van der Waals surface area contributed by atoms with E-state index in [0.29, 0.717) is 26.3 Å². The number of rotatable bonds is 4. The highest BCUT2D eigenvalue weighted by molar-refractivity contribution is 8.18. The number of carbonyl (C=O) groups is 1. The molecule has 0 unspecified atom stereocenters. The molecule has 4 nitrogen and oxygen atoms in total. The molecule has 0 spiro atoms. The molecule has 1 saturated heterocycles. The number of anilines is 1. The standard InChI is InChI=1S/C26H27ClFN3OS/c1-6-10-31-22-13-20(28)17(11-18(22)15(2)14-26(31,4)5)12-23-24(32)30-25(33-23)29-21-9-7-8-19(27)16(21)3/h7-9,11-14H,6,10H2,1-5H3,(H,29,30,32)/b23-12+. The van der Waals surface area contributed by atoms with Crippen LogP contribution in [-0.4, -0.2) is 23.2 Å². The number of thioether (sulfide) groups is 1. The maximum atomic E-state index is 15.2. The summed E-state index contributed by atoms with van der Waals surface area (Å²) in [6, 6.07) is 8.88. The summed E-state index contributed by atoms with van der Waals surface area (Å²) in [5.41, 5.74) is 4.70. The van der Waals surface area contributed by atoms with Crippen molar-refractivity contribution in [2.24, 2.45) is 4.99 Å². The van der Waals surface area contributed by atoms with E-state index in [9.17, 15) is 4.79 Å². The molecule has 0 atom stereocenters. The molecule has 0 aliphatic carbocycles. The van der Waals surface area contributed by atoms with Crippen molar-refractivity contribution in [1.29, 1.82) is 0 Å². The lowest BCUT2D eigenvalue weighted by molar-refractivity contribution is -0.115. The second-order valence-electron chi connectivity index (χ2n) is 8.89. The van der Waals surface area contributed by atoms with Crippen molar-refractivity contribution in [2.75, 3.05) is 11.4 Å². The van der Waals surface area contributed by atoms with Gasteiger partial charge in [-0.2, -0.15) is 0 Å². The van der Waals surface area contributed by atoms with Crippen LogP contribution in [-0.2, 0) is 4.79 Å². The summed E-state index contributed by atoms with van der Waals surface area (Å²) >= 11 is 7.37. The first-order valence-electron chi connectivity index (χ1n) is 11.0. The van der Waals surface area contributed by atoms with E-state index in [0.717, 1.165) is 35.4 Å². The fourth-order valence-corrected chi connectivity index (χ4v) is 5.30. The molecule has 1 N–H and O–H groups in total. The van der Waals surface area contributed by atoms with Gasteiger partial charge in [-0.05, 0) is 87.4 Å². The maximum Gasteiger partial charge on any atom is 0.264 e. The average molecular weight is 484 g/mol. The smallest absolute Gasteiger partial charge is 0.264 e. The average Bonchev–Trinajstić information content (AvgIpc) is 3.08. The Kier molecular flexibility index (Phi) is 6.43. The molecule has 33 heavy (non-hydrogen) atoms. The van der Waals surface area contributed by atoms with Crippen LogP contribution in [0.3, 0.4) is 0 Å². The Morgan fingerprint density at radius 1 is 1.27 bits per heavy atom. The van der Waals surface area contributed by atoms with Gasteiger partial charge < -0.3 is 10.2 Å². The molecule has 1 amide bonds. The minimum atomic E-state index is -0.350. The third-order valence-electron chi connectivity index (χ3n) is 5.94. The lowest BCUT2D eigenvalue weighted by Crippen LogP contribution is -2.45.